The molecule has 0 saturated heterocycles. The van der Waals surface area contributed by atoms with Crippen molar-refractivity contribution < 1.29 is 9.59 Å². The number of hydrogen-bond donors (Lipinski definition) is 2. The number of unbranched alkanes of at least 4 members (excludes halogenated alkanes) is 1. The molecule has 0 atom stereocenters. The summed E-state index contributed by atoms with van der Waals surface area (Å²) in [5, 5.41) is 1.92. The van der Waals surface area contributed by atoms with Gasteiger partial charge in [0.1, 0.15) is 5.69 Å². The number of nitrogens with two attached hydrogens (primary N) is 2. The van der Waals surface area contributed by atoms with Crippen molar-refractivity contribution in [1.29, 1.82) is 0 Å². The van der Waals surface area contributed by atoms with E-state index in [-0.39, 0.29) is 18.1 Å². The summed E-state index contributed by atoms with van der Waals surface area (Å²) in [6.45, 7) is 2.42. The molecule has 1 aromatic heterocycles. The highest BCUT2D eigenvalue weighted by molar-refractivity contribution is 7.13. The zero-order valence-electron chi connectivity index (χ0n) is 9.68. The van der Waals surface area contributed by atoms with Crippen LogP contribution in [0.2, 0.25) is 0 Å². The van der Waals surface area contributed by atoms with Crippen LogP contribution < -0.4 is 11.5 Å². The van der Waals surface area contributed by atoms with E-state index in [1.807, 2.05) is 6.92 Å². The number of nitrogen functional groups attached to an aromatic ring is 1. The normalized spacial score (nSPS) is 10.2. The van der Waals surface area contributed by atoms with Crippen LogP contribution in [0, 0.1) is 0 Å². The molecule has 1 rings (SSSR count). The number of aromatic nitrogens is 1. The quantitative estimate of drug-likeness (QED) is 0.771. The first-order valence-corrected chi connectivity index (χ1v) is 6.21. The lowest BCUT2D eigenvalue weighted by molar-refractivity contribution is -0.118. The molecule has 7 heteroatoms. The molecule has 0 aliphatic heterocycles. The Morgan fingerprint density at radius 2 is 2.24 bits per heavy atom. The summed E-state index contributed by atoms with van der Waals surface area (Å²) in [6, 6.07) is 0. The molecule has 0 unspecified atom stereocenters. The van der Waals surface area contributed by atoms with Gasteiger partial charge in [0.2, 0.25) is 5.91 Å². The molecule has 2 amide bonds. The third-order valence-electron chi connectivity index (χ3n) is 2.16. The number of nitrogens with zero attached hydrogens (tertiary/aromatic N) is 2. The van der Waals surface area contributed by atoms with E-state index in [1.54, 1.807) is 5.38 Å². The fourth-order valence-electron chi connectivity index (χ4n) is 1.34. The molecule has 1 heterocycles. The van der Waals surface area contributed by atoms with E-state index >= 15 is 0 Å². The Labute approximate surface area is 104 Å². The van der Waals surface area contributed by atoms with Crippen LogP contribution in [0.5, 0.6) is 0 Å². The lowest BCUT2D eigenvalue weighted by atomic mass is 10.3. The summed E-state index contributed by atoms with van der Waals surface area (Å²) >= 11 is 1.20. The topological polar surface area (TPSA) is 102 Å². The first-order chi connectivity index (χ1) is 8.04. The summed E-state index contributed by atoms with van der Waals surface area (Å²) in [5.41, 5.74) is 10.8. The Kier molecular flexibility index (Phi) is 4.89. The minimum absolute atomic E-state index is 0.0870. The van der Waals surface area contributed by atoms with Crippen LogP contribution in [0.4, 0.5) is 5.13 Å². The van der Waals surface area contributed by atoms with E-state index in [4.69, 9.17) is 11.5 Å². The van der Waals surface area contributed by atoms with Gasteiger partial charge in [-0.05, 0) is 6.42 Å². The maximum absolute atomic E-state index is 12.0. The monoisotopic (exact) mass is 256 g/mol. The van der Waals surface area contributed by atoms with Crippen LogP contribution in [0.15, 0.2) is 5.38 Å². The Morgan fingerprint density at radius 1 is 1.53 bits per heavy atom. The molecule has 4 N–H and O–H groups in total. The molecule has 0 aliphatic rings. The van der Waals surface area contributed by atoms with Crippen molar-refractivity contribution in [2.45, 2.75) is 19.8 Å². The minimum atomic E-state index is -0.530. The second-order valence-corrected chi connectivity index (χ2v) is 4.51. The fraction of sp³-hybridized carbons (Fsp3) is 0.500. The largest absolute Gasteiger partial charge is 0.375 e. The van der Waals surface area contributed by atoms with Crippen LogP contribution in [-0.2, 0) is 4.79 Å². The number of carbonyl (C=O) groups is 2. The highest BCUT2D eigenvalue weighted by Gasteiger charge is 2.19. The highest BCUT2D eigenvalue weighted by Crippen LogP contribution is 2.13. The molecule has 1 aromatic rings. The molecule has 94 valence electrons. The van der Waals surface area contributed by atoms with Crippen molar-refractivity contribution in [3.63, 3.8) is 0 Å². The predicted molar refractivity (Wildman–Crippen MR) is 66.5 cm³/mol. The molecule has 0 spiro atoms. The molecule has 0 aliphatic carbocycles. The lowest BCUT2D eigenvalue weighted by Crippen LogP contribution is -2.39. The third kappa shape index (κ3) is 4.03. The first-order valence-electron chi connectivity index (χ1n) is 5.33. The van der Waals surface area contributed by atoms with Gasteiger partial charge in [0, 0.05) is 11.9 Å². The molecule has 0 aromatic carbocycles. The average Bonchev–Trinajstić information content (AvgIpc) is 2.69. The summed E-state index contributed by atoms with van der Waals surface area (Å²) < 4.78 is 0. The van der Waals surface area contributed by atoms with Crippen LogP contribution in [-0.4, -0.2) is 34.8 Å². The Bertz CT molecular complexity index is 405. The second kappa shape index (κ2) is 6.19. The van der Waals surface area contributed by atoms with Gasteiger partial charge in [-0.2, -0.15) is 0 Å². The SMILES string of the molecule is CCCCN(CC(N)=O)C(=O)c1csc(N)n1. The van der Waals surface area contributed by atoms with Gasteiger partial charge in [0.25, 0.3) is 5.91 Å². The maximum Gasteiger partial charge on any atom is 0.273 e. The van der Waals surface area contributed by atoms with Gasteiger partial charge >= 0.3 is 0 Å². The van der Waals surface area contributed by atoms with Crippen LogP contribution in [0.25, 0.3) is 0 Å². The number of rotatable bonds is 6. The number of amides is 2. The number of thiazole rings is 1. The average molecular weight is 256 g/mol. The van der Waals surface area contributed by atoms with Gasteiger partial charge in [-0.3, -0.25) is 9.59 Å². The Balaban J connectivity index is 2.74. The van der Waals surface area contributed by atoms with Crippen LogP contribution in [0.1, 0.15) is 30.3 Å². The van der Waals surface area contributed by atoms with Gasteiger partial charge in [-0.15, -0.1) is 11.3 Å². The standard InChI is InChI=1S/C10H16N4O2S/c1-2-3-4-14(5-8(11)15)9(16)7-6-17-10(12)13-7/h6H,2-5H2,1H3,(H2,11,15)(H2,12,13). The predicted octanol–water partition coefficient (Wildman–Crippen LogP) is 0.453. The molecular weight excluding hydrogens is 240 g/mol. The van der Waals surface area contributed by atoms with Crippen molar-refractivity contribution >= 4 is 28.3 Å². The van der Waals surface area contributed by atoms with Crippen molar-refractivity contribution in [3.05, 3.63) is 11.1 Å². The van der Waals surface area contributed by atoms with Crippen molar-refractivity contribution in [1.82, 2.24) is 9.88 Å². The molecule has 0 bridgehead atoms. The molecular formula is C10H16N4O2S. The van der Waals surface area contributed by atoms with Gasteiger partial charge in [0.15, 0.2) is 5.13 Å². The van der Waals surface area contributed by atoms with E-state index in [9.17, 15) is 9.59 Å². The molecule has 17 heavy (non-hydrogen) atoms. The fourth-order valence-corrected chi connectivity index (χ4v) is 1.87. The zero-order valence-corrected chi connectivity index (χ0v) is 10.5. The van der Waals surface area contributed by atoms with Crippen molar-refractivity contribution in [2.24, 2.45) is 5.73 Å². The number of primary amides is 1. The third-order valence-corrected chi connectivity index (χ3v) is 2.83. The van der Waals surface area contributed by atoms with E-state index in [0.717, 1.165) is 12.8 Å². The van der Waals surface area contributed by atoms with E-state index in [0.29, 0.717) is 11.7 Å². The number of hydrogen-bond acceptors (Lipinski definition) is 5. The van der Waals surface area contributed by atoms with E-state index in [2.05, 4.69) is 4.98 Å². The van der Waals surface area contributed by atoms with Gasteiger partial charge in [0.05, 0.1) is 6.54 Å². The Hall–Kier alpha value is -1.63. The van der Waals surface area contributed by atoms with E-state index < -0.39 is 5.91 Å². The molecule has 0 fully saturated rings. The molecule has 6 nitrogen and oxygen atoms in total. The smallest absolute Gasteiger partial charge is 0.273 e. The van der Waals surface area contributed by atoms with Crippen molar-refractivity contribution in [2.75, 3.05) is 18.8 Å². The van der Waals surface area contributed by atoms with Gasteiger partial charge in [-0.25, -0.2) is 4.98 Å². The second-order valence-electron chi connectivity index (χ2n) is 3.62. The zero-order chi connectivity index (χ0) is 12.8. The number of carbonyl (C=O) groups excluding carboxylic acids is 2. The summed E-state index contributed by atoms with van der Waals surface area (Å²) in [7, 11) is 0. The van der Waals surface area contributed by atoms with Crippen LogP contribution >= 0.6 is 11.3 Å². The Morgan fingerprint density at radius 3 is 2.71 bits per heavy atom. The lowest BCUT2D eigenvalue weighted by Gasteiger charge is -2.19. The van der Waals surface area contributed by atoms with E-state index in [1.165, 1.54) is 16.2 Å². The maximum atomic E-state index is 12.0. The summed E-state index contributed by atoms with van der Waals surface area (Å²) in [4.78, 5) is 28.2. The summed E-state index contributed by atoms with van der Waals surface area (Å²) in [6.07, 6.45) is 1.75. The van der Waals surface area contributed by atoms with Crippen molar-refractivity contribution in [3.8, 4) is 0 Å². The first kappa shape index (κ1) is 13.4. The van der Waals surface area contributed by atoms with Gasteiger partial charge < -0.3 is 16.4 Å². The molecule has 0 saturated carbocycles. The minimum Gasteiger partial charge on any atom is -0.375 e. The summed E-state index contributed by atoms with van der Waals surface area (Å²) in [5.74, 6) is -0.831. The molecule has 0 radical (unpaired) electrons. The highest BCUT2D eigenvalue weighted by atomic mass is 32.1. The van der Waals surface area contributed by atoms with Crippen LogP contribution in [0.3, 0.4) is 0 Å². The number of anilines is 1. The van der Waals surface area contributed by atoms with Gasteiger partial charge in [-0.1, -0.05) is 13.3 Å².